The summed E-state index contributed by atoms with van der Waals surface area (Å²) in [6.45, 7) is 0.345. The SMILES string of the molecule is NC(=O)c1ccc(S(=O)(=O)N2CCN(C(=O)c3ccc([N+](=O)[O-])cc3)CC2)o1. The fourth-order valence-corrected chi connectivity index (χ4v) is 4.09. The number of piperazine rings is 1. The van der Waals surface area contributed by atoms with E-state index in [9.17, 15) is 28.1 Å². The molecule has 1 aliphatic heterocycles. The topological polar surface area (TPSA) is 157 Å². The lowest BCUT2D eigenvalue weighted by atomic mass is 10.1. The highest BCUT2D eigenvalue weighted by Crippen LogP contribution is 2.21. The van der Waals surface area contributed by atoms with Crippen LogP contribution in [0, 0.1) is 10.1 Å². The van der Waals surface area contributed by atoms with Gasteiger partial charge in [-0.05, 0) is 24.3 Å². The molecule has 2 aromatic rings. The van der Waals surface area contributed by atoms with Crippen LogP contribution in [0.25, 0.3) is 0 Å². The summed E-state index contributed by atoms with van der Waals surface area (Å²) in [5.74, 6) is -1.48. The molecule has 12 heteroatoms. The van der Waals surface area contributed by atoms with Gasteiger partial charge in [-0.25, -0.2) is 8.42 Å². The van der Waals surface area contributed by atoms with E-state index < -0.39 is 25.9 Å². The predicted molar refractivity (Wildman–Crippen MR) is 95.0 cm³/mol. The van der Waals surface area contributed by atoms with Crippen LogP contribution in [0.2, 0.25) is 0 Å². The van der Waals surface area contributed by atoms with E-state index in [0.717, 1.165) is 10.4 Å². The lowest BCUT2D eigenvalue weighted by Gasteiger charge is -2.33. The van der Waals surface area contributed by atoms with Crippen LogP contribution in [0.1, 0.15) is 20.9 Å². The van der Waals surface area contributed by atoms with Gasteiger partial charge in [-0.3, -0.25) is 19.7 Å². The fraction of sp³-hybridized carbons (Fsp3) is 0.250. The Morgan fingerprint density at radius 2 is 1.64 bits per heavy atom. The highest BCUT2D eigenvalue weighted by molar-refractivity contribution is 7.89. The van der Waals surface area contributed by atoms with Crippen LogP contribution in [0.5, 0.6) is 0 Å². The normalized spacial score (nSPS) is 15.4. The van der Waals surface area contributed by atoms with Gasteiger partial charge in [0.05, 0.1) is 4.92 Å². The number of amides is 2. The number of primary amides is 1. The molecule has 3 rings (SSSR count). The number of furan rings is 1. The highest BCUT2D eigenvalue weighted by atomic mass is 32.2. The van der Waals surface area contributed by atoms with Crippen LogP contribution in [0.4, 0.5) is 5.69 Å². The largest absolute Gasteiger partial charge is 0.438 e. The molecule has 0 saturated carbocycles. The van der Waals surface area contributed by atoms with Crippen LogP contribution < -0.4 is 5.73 Å². The first-order chi connectivity index (χ1) is 13.2. The number of carbonyl (C=O) groups excluding carboxylic acids is 2. The molecule has 2 N–H and O–H groups in total. The number of nitro benzene ring substituents is 1. The average Bonchev–Trinajstić information content (AvgIpc) is 3.19. The van der Waals surface area contributed by atoms with E-state index in [-0.39, 0.29) is 49.1 Å². The van der Waals surface area contributed by atoms with Gasteiger partial charge >= 0.3 is 0 Å². The van der Waals surface area contributed by atoms with Crippen molar-refractivity contribution in [1.29, 1.82) is 0 Å². The van der Waals surface area contributed by atoms with Crippen molar-refractivity contribution in [2.45, 2.75) is 5.09 Å². The molecule has 0 bridgehead atoms. The first kappa shape index (κ1) is 19.5. The average molecular weight is 408 g/mol. The van der Waals surface area contributed by atoms with Crippen LogP contribution in [0.15, 0.2) is 45.9 Å². The van der Waals surface area contributed by atoms with E-state index in [4.69, 9.17) is 10.2 Å². The molecule has 2 heterocycles. The van der Waals surface area contributed by atoms with Gasteiger partial charge in [0.2, 0.25) is 5.09 Å². The van der Waals surface area contributed by atoms with E-state index >= 15 is 0 Å². The minimum Gasteiger partial charge on any atom is -0.438 e. The van der Waals surface area contributed by atoms with Crippen LogP contribution >= 0.6 is 0 Å². The third-order valence-electron chi connectivity index (χ3n) is 4.27. The summed E-state index contributed by atoms with van der Waals surface area (Å²) in [6, 6.07) is 7.53. The monoisotopic (exact) mass is 408 g/mol. The lowest BCUT2D eigenvalue weighted by Crippen LogP contribution is -2.50. The highest BCUT2D eigenvalue weighted by Gasteiger charge is 2.33. The number of non-ortho nitro benzene ring substituents is 1. The third-order valence-corrected chi connectivity index (χ3v) is 6.04. The van der Waals surface area contributed by atoms with Gasteiger partial charge in [0, 0.05) is 43.9 Å². The zero-order valence-electron chi connectivity index (χ0n) is 14.5. The number of hydrogen-bond donors (Lipinski definition) is 1. The Hall–Kier alpha value is -3.25. The first-order valence-electron chi connectivity index (χ1n) is 8.13. The van der Waals surface area contributed by atoms with Crippen molar-refractivity contribution in [3.63, 3.8) is 0 Å². The maximum absolute atomic E-state index is 12.6. The molecular formula is C16H16N4O7S. The molecule has 0 aliphatic carbocycles. The molecule has 1 aromatic carbocycles. The fourth-order valence-electron chi connectivity index (χ4n) is 2.76. The van der Waals surface area contributed by atoms with Crippen molar-refractivity contribution in [3.8, 4) is 0 Å². The number of sulfonamides is 1. The summed E-state index contributed by atoms with van der Waals surface area (Å²) in [5.41, 5.74) is 5.21. The Morgan fingerprint density at radius 1 is 1.04 bits per heavy atom. The Kier molecular flexibility index (Phi) is 5.16. The van der Waals surface area contributed by atoms with Crippen LogP contribution in [-0.2, 0) is 10.0 Å². The molecule has 0 unspecified atom stereocenters. The van der Waals surface area contributed by atoms with E-state index in [1.54, 1.807) is 0 Å². The van der Waals surface area contributed by atoms with Crippen LogP contribution in [-0.4, -0.2) is 60.5 Å². The molecule has 1 saturated heterocycles. The summed E-state index contributed by atoms with van der Waals surface area (Å²) < 4.78 is 31.3. The molecule has 1 fully saturated rings. The predicted octanol–water partition coefficient (Wildman–Crippen LogP) is 0.433. The molecule has 0 atom stereocenters. The summed E-state index contributed by atoms with van der Waals surface area (Å²) in [6.07, 6.45) is 0. The summed E-state index contributed by atoms with van der Waals surface area (Å²) in [5, 5.41) is 10.3. The molecule has 0 radical (unpaired) electrons. The number of benzene rings is 1. The lowest BCUT2D eigenvalue weighted by molar-refractivity contribution is -0.384. The van der Waals surface area contributed by atoms with Gasteiger partial charge in [0.25, 0.3) is 27.5 Å². The van der Waals surface area contributed by atoms with Crippen molar-refractivity contribution in [2.24, 2.45) is 5.73 Å². The zero-order chi connectivity index (χ0) is 20.5. The number of nitro groups is 1. The zero-order valence-corrected chi connectivity index (χ0v) is 15.3. The summed E-state index contributed by atoms with van der Waals surface area (Å²) in [7, 11) is -3.96. The second-order valence-corrected chi connectivity index (χ2v) is 7.85. The maximum Gasteiger partial charge on any atom is 0.284 e. The van der Waals surface area contributed by atoms with Crippen LogP contribution in [0.3, 0.4) is 0 Å². The molecule has 1 aliphatic rings. The minimum atomic E-state index is -3.96. The van der Waals surface area contributed by atoms with E-state index in [1.165, 1.54) is 35.2 Å². The van der Waals surface area contributed by atoms with Crippen molar-refractivity contribution < 1.29 is 27.3 Å². The number of nitrogens with zero attached hydrogens (tertiary/aromatic N) is 3. The Morgan fingerprint density at radius 3 is 2.14 bits per heavy atom. The first-order valence-corrected chi connectivity index (χ1v) is 9.57. The second-order valence-electron chi connectivity index (χ2n) is 5.98. The smallest absolute Gasteiger partial charge is 0.284 e. The molecular weight excluding hydrogens is 392 g/mol. The summed E-state index contributed by atoms with van der Waals surface area (Å²) in [4.78, 5) is 35.2. The number of nitrogens with two attached hydrogens (primary N) is 1. The molecule has 28 heavy (non-hydrogen) atoms. The molecule has 11 nitrogen and oxygen atoms in total. The molecule has 148 valence electrons. The standard InChI is InChI=1S/C16H16N4O7S/c17-15(21)13-5-6-14(27-13)28(25,26)19-9-7-18(8-10-19)16(22)11-1-3-12(4-2-11)20(23)24/h1-6H,7-10H2,(H2,17,21). The molecule has 1 aromatic heterocycles. The number of carbonyl (C=O) groups is 2. The van der Waals surface area contributed by atoms with Gasteiger partial charge in [-0.15, -0.1) is 0 Å². The van der Waals surface area contributed by atoms with E-state index in [1.807, 2.05) is 0 Å². The number of rotatable bonds is 5. The third kappa shape index (κ3) is 3.73. The number of hydrogen-bond acceptors (Lipinski definition) is 7. The Labute approximate surface area is 159 Å². The minimum absolute atomic E-state index is 0.0354. The summed E-state index contributed by atoms with van der Waals surface area (Å²) >= 11 is 0. The van der Waals surface area contributed by atoms with Gasteiger partial charge < -0.3 is 15.1 Å². The van der Waals surface area contributed by atoms with Gasteiger partial charge in [-0.1, -0.05) is 0 Å². The van der Waals surface area contributed by atoms with Gasteiger partial charge in [-0.2, -0.15) is 4.31 Å². The molecule has 0 spiro atoms. The van der Waals surface area contributed by atoms with Crippen molar-refractivity contribution in [3.05, 3.63) is 57.8 Å². The quantitative estimate of drug-likeness (QED) is 0.555. The second kappa shape index (κ2) is 7.40. The van der Waals surface area contributed by atoms with E-state index in [2.05, 4.69) is 0 Å². The van der Waals surface area contributed by atoms with Crippen molar-refractivity contribution in [1.82, 2.24) is 9.21 Å². The molecule has 2 amide bonds. The van der Waals surface area contributed by atoms with E-state index in [0.29, 0.717) is 0 Å². The Bertz CT molecular complexity index is 1020. The Balaban J connectivity index is 1.67. The van der Waals surface area contributed by atoms with Crippen molar-refractivity contribution >= 4 is 27.5 Å². The van der Waals surface area contributed by atoms with Gasteiger partial charge in [0.1, 0.15) is 0 Å². The maximum atomic E-state index is 12.6. The van der Waals surface area contributed by atoms with Gasteiger partial charge in [0.15, 0.2) is 5.76 Å². The van der Waals surface area contributed by atoms with Crippen molar-refractivity contribution in [2.75, 3.05) is 26.2 Å².